The Bertz CT molecular complexity index is 908. The third kappa shape index (κ3) is 2.18. The van der Waals surface area contributed by atoms with E-state index in [0.29, 0.717) is 16.9 Å². The minimum absolute atomic E-state index is 0.0116. The lowest BCUT2D eigenvalue weighted by atomic mass is 9.89. The van der Waals surface area contributed by atoms with Crippen LogP contribution in [-0.4, -0.2) is 23.6 Å². The van der Waals surface area contributed by atoms with Gasteiger partial charge in [-0.2, -0.15) is 0 Å². The van der Waals surface area contributed by atoms with Crippen molar-refractivity contribution in [3.8, 4) is 5.75 Å². The molecule has 2 aliphatic heterocycles. The molecule has 24 heavy (non-hydrogen) atoms. The summed E-state index contributed by atoms with van der Waals surface area (Å²) < 4.78 is 16.9. The number of fused-ring (bicyclic) bond motifs is 3. The van der Waals surface area contributed by atoms with Crippen molar-refractivity contribution in [2.75, 3.05) is 0 Å². The molecule has 0 bridgehead atoms. The van der Waals surface area contributed by atoms with Crippen molar-refractivity contribution in [2.24, 2.45) is 0 Å². The Balaban J connectivity index is 1.77. The van der Waals surface area contributed by atoms with Crippen molar-refractivity contribution in [1.29, 1.82) is 0 Å². The summed E-state index contributed by atoms with van der Waals surface area (Å²) in [5, 5.41) is 0.817. The van der Waals surface area contributed by atoms with Crippen LogP contribution in [-0.2, 0) is 9.53 Å². The maximum Gasteiger partial charge on any atom is 0.343 e. The fourth-order valence-corrected chi connectivity index (χ4v) is 3.66. The highest BCUT2D eigenvalue weighted by atomic mass is 16.6. The first kappa shape index (κ1) is 15.4. The third-order valence-corrected chi connectivity index (χ3v) is 5.08. The van der Waals surface area contributed by atoms with Crippen LogP contribution in [0.4, 0.5) is 0 Å². The maximum absolute atomic E-state index is 12.5. The molecule has 4 rings (SSSR count). The molecule has 1 fully saturated rings. The van der Waals surface area contributed by atoms with Gasteiger partial charge >= 0.3 is 5.63 Å². The molecule has 0 spiro atoms. The lowest BCUT2D eigenvalue weighted by Crippen LogP contribution is -2.24. The Morgan fingerprint density at radius 2 is 2.00 bits per heavy atom. The molecule has 2 aromatic rings. The first-order valence-corrected chi connectivity index (χ1v) is 8.23. The summed E-state index contributed by atoms with van der Waals surface area (Å²) in [5.41, 5.74) is 1.17. The van der Waals surface area contributed by atoms with Crippen molar-refractivity contribution in [1.82, 2.24) is 0 Å². The minimum atomic E-state index is -0.416. The monoisotopic (exact) mass is 328 g/mol. The molecule has 3 unspecified atom stereocenters. The summed E-state index contributed by atoms with van der Waals surface area (Å²) in [7, 11) is 0. The Labute approximate surface area is 139 Å². The molecule has 3 atom stereocenters. The lowest BCUT2D eigenvalue weighted by molar-refractivity contribution is -0.120. The summed E-state index contributed by atoms with van der Waals surface area (Å²) in [5.74, 6) is 0.283. The molecule has 5 nitrogen and oxygen atoms in total. The van der Waals surface area contributed by atoms with Crippen molar-refractivity contribution >= 4 is 16.8 Å². The van der Waals surface area contributed by atoms with Crippen LogP contribution in [0.1, 0.15) is 44.2 Å². The molecule has 0 saturated carbocycles. The molecule has 1 aromatic carbocycles. The van der Waals surface area contributed by atoms with E-state index in [2.05, 4.69) is 0 Å². The van der Waals surface area contributed by atoms with Crippen LogP contribution < -0.4 is 10.4 Å². The number of hydrogen-bond acceptors (Lipinski definition) is 5. The van der Waals surface area contributed by atoms with Gasteiger partial charge in [0.2, 0.25) is 0 Å². The number of epoxide rings is 1. The number of carbonyl (C=O) groups excluding carboxylic acids is 1. The van der Waals surface area contributed by atoms with Crippen LogP contribution in [0.2, 0.25) is 0 Å². The number of carbonyl (C=O) groups is 1. The highest BCUT2D eigenvalue weighted by Crippen LogP contribution is 2.45. The van der Waals surface area contributed by atoms with Crippen LogP contribution >= 0.6 is 0 Å². The Kier molecular flexibility index (Phi) is 3.16. The number of hydrogen-bond donors (Lipinski definition) is 0. The van der Waals surface area contributed by atoms with Crippen molar-refractivity contribution < 1.29 is 18.7 Å². The molecule has 126 valence electrons. The van der Waals surface area contributed by atoms with Crippen LogP contribution in [0.3, 0.4) is 0 Å². The summed E-state index contributed by atoms with van der Waals surface area (Å²) in [6, 6.07) is 5.56. The van der Waals surface area contributed by atoms with E-state index in [-0.39, 0.29) is 30.3 Å². The number of ether oxygens (including phenoxy) is 2. The van der Waals surface area contributed by atoms with E-state index in [1.54, 1.807) is 6.07 Å². The van der Waals surface area contributed by atoms with E-state index in [1.807, 2.05) is 39.8 Å². The van der Waals surface area contributed by atoms with Gasteiger partial charge in [0.1, 0.15) is 23.5 Å². The average molecular weight is 328 g/mol. The highest BCUT2D eigenvalue weighted by Gasteiger charge is 2.53. The summed E-state index contributed by atoms with van der Waals surface area (Å²) in [4.78, 5) is 25.0. The molecule has 1 aromatic heterocycles. The molecular weight excluding hydrogens is 308 g/mol. The molecular formula is C19H20O5. The fourth-order valence-electron chi connectivity index (χ4n) is 3.66. The van der Waals surface area contributed by atoms with Gasteiger partial charge in [-0.3, -0.25) is 4.79 Å². The quantitative estimate of drug-likeness (QED) is 0.639. The van der Waals surface area contributed by atoms with Gasteiger partial charge in [0.15, 0.2) is 5.78 Å². The summed E-state index contributed by atoms with van der Waals surface area (Å²) >= 11 is 0. The average Bonchev–Trinajstić information content (AvgIpc) is 3.01. The molecule has 3 heterocycles. The first-order chi connectivity index (χ1) is 11.3. The summed E-state index contributed by atoms with van der Waals surface area (Å²) in [6.07, 6.45) is -0.411. The second-order valence-electron chi connectivity index (χ2n) is 7.28. The largest absolute Gasteiger partial charge is 0.489 e. The topological polar surface area (TPSA) is 69.0 Å². The predicted octanol–water partition coefficient (Wildman–Crippen LogP) is 3.10. The third-order valence-electron chi connectivity index (χ3n) is 5.08. The number of rotatable bonds is 3. The zero-order chi connectivity index (χ0) is 17.2. The maximum atomic E-state index is 12.5. The van der Waals surface area contributed by atoms with E-state index in [0.717, 1.165) is 10.9 Å². The summed E-state index contributed by atoms with van der Waals surface area (Å²) in [6.45, 7) is 7.63. The van der Waals surface area contributed by atoms with Crippen LogP contribution in [0, 0.1) is 6.92 Å². The van der Waals surface area contributed by atoms with Gasteiger partial charge in [-0.1, -0.05) is 12.1 Å². The molecule has 0 N–H and O–H groups in total. The fraction of sp³-hybridized carbons (Fsp3) is 0.474. The number of aryl methyl sites for hydroxylation is 1. The Hall–Kier alpha value is -2.14. The zero-order valence-electron chi connectivity index (χ0n) is 14.2. The first-order valence-electron chi connectivity index (χ1n) is 8.23. The van der Waals surface area contributed by atoms with Gasteiger partial charge in [-0.15, -0.1) is 0 Å². The predicted molar refractivity (Wildman–Crippen MR) is 88.6 cm³/mol. The lowest BCUT2D eigenvalue weighted by Gasteiger charge is -2.12. The van der Waals surface area contributed by atoms with Crippen molar-refractivity contribution in [2.45, 2.75) is 57.8 Å². The van der Waals surface area contributed by atoms with E-state index < -0.39 is 11.2 Å². The van der Waals surface area contributed by atoms with Gasteiger partial charge in [0, 0.05) is 12.3 Å². The smallest absolute Gasteiger partial charge is 0.343 e. The van der Waals surface area contributed by atoms with Gasteiger partial charge in [0.05, 0.1) is 16.6 Å². The number of ketones is 1. The molecule has 2 aliphatic rings. The Morgan fingerprint density at radius 3 is 2.67 bits per heavy atom. The number of Topliss-reactive ketones (excluding diaryl/α,β-unsaturated/α-hetero) is 1. The van der Waals surface area contributed by atoms with E-state index in [4.69, 9.17) is 13.9 Å². The minimum Gasteiger partial charge on any atom is -0.489 e. The van der Waals surface area contributed by atoms with Gasteiger partial charge < -0.3 is 13.9 Å². The van der Waals surface area contributed by atoms with Crippen LogP contribution in [0.5, 0.6) is 5.75 Å². The van der Waals surface area contributed by atoms with E-state index >= 15 is 0 Å². The van der Waals surface area contributed by atoms with Gasteiger partial charge in [0.25, 0.3) is 0 Å². The van der Waals surface area contributed by atoms with E-state index in [1.165, 1.54) is 0 Å². The molecule has 0 radical (unpaired) electrons. The molecule has 5 heteroatoms. The molecule has 0 amide bonds. The highest BCUT2D eigenvalue weighted by molar-refractivity contribution is 5.90. The van der Waals surface area contributed by atoms with Crippen molar-refractivity contribution in [3.63, 3.8) is 0 Å². The van der Waals surface area contributed by atoms with Crippen LogP contribution in [0.25, 0.3) is 11.0 Å². The van der Waals surface area contributed by atoms with Crippen molar-refractivity contribution in [3.05, 3.63) is 39.7 Å². The SMILES string of the molecule is Cc1cccc2oc(=O)c3c(c12)OC(C)C3CC(=O)C1OC1(C)C. The van der Waals surface area contributed by atoms with Gasteiger partial charge in [-0.05, 0) is 39.3 Å². The molecule has 1 saturated heterocycles. The van der Waals surface area contributed by atoms with Gasteiger partial charge in [-0.25, -0.2) is 4.79 Å². The number of benzene rings is 1. The second-order valence-corrected chi connectivity index (χ2v) is 7.28. The molecule has 0 aliphatic carbocycles. The van der Waals surface area contributed by atoms with Crippen LogP contribution in [0.15, 0.2) is 27.4 Å². The second kappa shape index (κ2) is 4.93. The zero-order valence-corrected chi connectivity index (χ0v) is 14.2. The Morgan fingerprint density at radius 1 is 1.29 bits per heavy atom. The standard InChI is InChI=1S/C19H20O5/c1-9-6-5-7-13-14(9)16-15(18(21)23-13)11(10(2)22-16)8-12(20)17-19(3,4)24-17/h5-7,10-11,17H,8H2,1-4H3. The normalized spacial score (nSPS) is 26.9. The van der Waals surface area contributed by atoms with E-state index in [9.17, 15) is 9.59 Å².